The summed E-state index contributed by atoms with van der Waals surface area (Å²) < 4.78 is 4.47. The molecule has 0 fully saturated rings. The van der Waals surface area contributed by atoms with E-state index >= 15 is 0 Å². The van der Waals surface area contributed by atoms with Gasteiger partial charge in [0, 0.05) is 23.2 Å². The van der Waals surface area contributed by atoms with E-state index in [1.54, 1.807) is 24.3 Å². The van der Waals surface area contributed by atoms with Gasteiger partial charge in [0.25, 0.3) is 5.91 Å². The van der Waals surface area contributed by atoms with Crippen molar-refractivity contribution in [3.63, 3.8) is 0 Å². The SMILES string of the molecule is COC(=O)CCC(=O)NC(=S)Nc1cccc(C(=O)NC(C)(C)C)c1. The first-order valence-corrected chi connectivity index (χ1v) is 8.12. The minimum atomic E-state index is -0.466. The second-order valence-corrected chi connectivity index (χ2v) is 6.77. The zero-order chi connectivity index (χ0) is 19.0. The topological polar surface area (TPSA) is 96.5 Å². The lowest BCUT2D eigenvalue weighted by molar-refractivity contribution is -0.142. The number of thiocarbonyl (C=S) groups is 1. The summed E-state index contributed by atoms with van der Waals surface area (Å²) in [5, 5.41) is 8.26. The number of amides is 2. The summed E-state index contributed by atoms with van der Waals surface area (Å²) in [7, 11) is 1.26. The van der Waals surface area contributed by atoms with E-state index in [9.17, 15) is 14.4 Å². The van der Waals surface area contributed by atoms with E-state index in [1.807, 2.05) is 20.8 Å². The van der Waals surface area contributed by atoms with E-state index in [-0.39, 0.29) is 29.4 Å². The van der Waals surface area contributed by atoms with Crippen molar-refractivity contribution >= 4 is 40.8 Å². The van der Waals surface area contributed by atoms with Gasteiger partial charge < -0.3 is 20.7 Å². The van der Waals surface area contributed by atoms with Crippen LogP contribution in [-0.4, -0.2) is 35.5 Å². The fraction of sp³-hybridized carbons (Fsp3) is 0.412. The van der Waals surface area contributed by atoms with Crippen LogP contribution in [0.15, 0.2) is 24.3 Å². The molecule has 1 rings (SSSR count). The number of esters is 1. The molecule has 0 aromatic heterocycles. The summed E-state index contributed by atoms with van der Waals surface area (Å²) in [6.07, 6.45) is -0.0457. The second kappa shape index (κ2) is 9.12. The molecule has 8 heteroatoms. The molecule has 0 spiro atoms. The number of hydrogen-bond acceptors (Lipinski definition) is 5. The Labute approximate surface area is 152 Å². The molecule has 0 saturated carbocycles. The van der Waals surface area contributed by atoms with Crippen LogP contribution in [0.4, 0.5) is 5.69 Å². The molecule has 0 bridgehead atoms. The quantitative estimate of drug-likeness (QED) is 0.545. The molecule has 0 heterocycles. The monoisotopic (exact) mass is 365 g/mol. The molecular formula is C17H23N3O4S. The average Bonchev–Trinajstić information content (AvgIpc) is 2.51. The van der Waals surface area contributed by atoms with E-state index in [4.69, 9.17) is 12.2 Å². The van der Waals surface area contributed by atoms with Gasteiger partial charge in [-0.2, -0.15) is 0 Å². The van der Waals surface area contributed by atoms with E-state index in [0.29, 0.717) is 11.3 Å². The number of carbonyl (C=O) groups is 3. The van der Waals surface area contributed by atoms with Gasteiger partial charge in [-0.05, 0) is 51.2 Å². The van der Waals surface area contributed by atoms with Gasteiger partial charge in [0.1, 0.15) is 0 Å². The minimum absolute atomic E-state index is 0.0204. The molecule has 0 atom stereocenters. The van der Waals surface area contributed by atoms with Gasteiger partial charge in [0.2, 0.25) is 5.91 Å². The summed E-state index contributed by atoms with van der Waals surface area (Å²) >= 11 is 5.06. The summed E-state index contributed by atoms with van der Waals surface area (Å²) in [5.74, 6) is -1.07. The Morgan fingerprint density at radius 1 is 1.16 bits per heavy atom. The average molecular weight is 365 g/mol. The molecule has 0 aliphatic heterocycles. The van der Waals surface area contributed by atoms with Crippen LogP contribution in [0.5, 0.6) is 0 Å². The Morgan fingerprint density at radius 3 is 2.44 bits per heavy atom. The number of hydrogen-bond donors (Lipinski definition) is 3. The van der Waals surface area contributed by atoms with Crippen LogP contribution in [0.3, 0.4) is 0 Å². The van der Waals surface area contributed by atoms with E-state index in [2.05, 4.69) is 20.7 Å². The van der Waals surface area contributed by atoms with Crippen LogP contribution >= 0.6 is 12.2 Å². The number of anilines is 1. The van der Waals surface area contributed by atoms with Crippen LogP contribution in [0.1, 0.15) is 44.0 Å². The number of rotatable bonds is 5. The van der Waals surface area contributed by atoms with Crippen LogP contribution < -0.4 is 16.0 Å². The van der Waals surface area contributed by atoms with Crippen molar-refractivity contribution in [3.05, 3.63) is 29.8 Å². The highest BCUT2D eigenvalue weighted by Gasteiger charge is 2.15. The Hall–Kier alpha value is -2.48. The molecule has 25 heavy (non-hydrogen) atoms. The first-order chi connectivity index (χ1) is 11.6. The van der Waals surface area contributed by atoms with Gasteiger partial charge in [-0.3, -0.25) is 14.4 Å². The molecule has 2 amide bonds. The van der Waals surface area contributed by atoms with Crippen molar-refractivity contribution in [1.29, 1.82) is 0 Å². The van der Waals surface area contributed by atoms with E-state index < -0.39 is 11.9 Å². The maximum absolute atomic E-state index is 12.2. The standard InChI is InChI=1S/C17H23N3O4S/c1-17(2,3)20-15(23)11-6-5-7-12(10-11)18-16(25)19-13(21)8-9-14(22)24-4/h5-7,10H,8-9H2,1-4H3,(H,20,23)(H2,18,19,21,25). The smallest absolute Gasteiger partial charge is 0.306 e. The zero-order valence-electron chi connectivity index (χ0n) is 14.8. The second-order valence-electron chi connectivity index (χ2n) is 6.36. The fourth-order valence-electron chi connectivity index (χ4n) is 1.82. The fourth-order valence-corrected chi connectivity index (χ4v) is 2.05. The number of carbonyl (C=O) groups excluding carboxylic acids is 3. The maximum Gasteiger partial charge on any atom is 0.306 e. The predicted octanol–water partition coefficient (Wildman–Crippen LogP) is 1.98. The van der Waals surface area contributed by atoms with Crippen molar-refractivity contribution in [1.82, 2.24) is 10.6 Å². The largest absolute Gasteiger partial charge is 0.469 e. The third-order valence-electron chi connectivity index (χ3n) is 2.91. The van der Waals surface area contributed by atoms with Crippen LogP contribution in [0.2, 0.25) is 0 Å². The summed E-state index contributed by atoms with van der Waals surface area (Å²) in [4.78, 5) is 34.9. The van der Waals surface area contributed by atoms with Crippen LogP contribution in [0, 0.1) is 0 Å². The van der Waals surface area contributed by atoms with Gasteiger partial charge in [-0.1, -0.05) is 6.07 Å². The van der Waals surface area contributed by atoms with E-state index in [0.717, 1.165) is 0 Å². The molecule has 1 aromatic carbocycles. The first-order valence-electron chi connectivity index (χ1n) is 7.71. The predicted molar refractivity (Wildman–Crippen MR) is 99.3 cm³/mol. The highest BCUT2D eigenvalue weighted by Crippen LogP contribution is 2.12. The van der Waals surface area contributed by atoms with Crippen molar-refractivity contribution in [2.45, 2.75) is 39.2 Å². The van der Waals surface area contributed by atoms with Crippen molar-refractivity contribution in [2.75, 3.05) is 12.4 Å². The third kappa shape index (κ3) is 8.25. The number of nitrogens with one attached hydrogen (secondary N) is 3. The maximum atomic E-state index is 12.2. The minimum Gasteiger partial charge on any atom is -0.469 e. The van der Waals surface area contributed by atoms with Gasteiger partial charge in [0.05, 0.1) is 13.5 Å². The van der Waals surface area contributed by atoms with E-state index in [1.165, 1.54) is 7.11 Å². The zero-order valence-corrected chi connectivity index (χ0v) is 15.6. The molecule has 136 valence electrons. The lowest BCUT2D eigenvalue weighted by atomic mass is 10.1. The van der Waals surface area contributed by atoms with Crippen molar-refractivity contribution in [3.8, 4) is 0 Å². The molecule has 0 radical (unpaired) electrons. The van der Waals surface area contributed by atoms with Crippen LogP contribution in [-0.2, 0) is 14.3 Å². The van der Waals surface area contributed by atoms with Gasteiger partial charge in [0.15, 0.2) is 5.11 Å². The molecule has 0 unspecified atom stereocenters. The first kappa shape index (κ1) is 20.6. The number of methoxy groups -OCH3 is 1. The lowest BCUT2D eigenvalue weighted by Gasteiger charge is -2.20. The van der Waals surface area contributed by atoms with Crippen molar-refractivity contribution < 1.29 is 19.1 Å². The molecular weight excluding hydrogens is 342 g/mol. The molecule has 7 nitrogen and oxygen atoms in total. The molecule has 1 aromatic rings. The van der Waals surface area contributed by atoms with Gasteiger partial charge >= 0.3 is 5.97 Å². The third-order valence-corrected chi connectivity index (χ3v) is 3.11. The summed E-state index contributed by atoms with van der Waals surface area (Å²) in [5.41, 5.74) is 0.697. The molecule has 3 N–H and O–H groups in total. The Bertz CT molecular complexity index is 668. The Kier molecular flexibility index (Phi) is 7.50. The van der Waals surface area contributed by atoms with Crippen LogP contribution in [0.25, 0.3) is 0 Å². The molecule has 0 aliphatic carbocycles. The normalized spacial score (nSPS) is 10.6. The summed E-state index contributed by atoms with van der Waals surface area (Å²) in [6.45, 7) is 5.68. The summed E-state index contributed by atoms with van der Waals surface area (Å²) in [6, 6.07) is 6.75. The lowest BCUT2D eigenvalue weighted by Crippen LogP contribution is -2.40. The Morgan fingerprint density at radius 2 is 1.84 bits per heavy atom. The van der Waals surface area contributed by atoms with Crippen molar-refractivity contribution in [2.24, 2.45) is 0 Å². The van der Waals surface area contributed by atoms with Gasteiger partial charge in [-0.15, -0.1) is 0 Å². The highest BCUT2D eigenvalue weighted by molar-refractivity contribution is 7.80. The van der Waals surface area contributed by atoms with Gasteiger partial charge in [-0.25, -0.2) is 0 Å². The molecule has 0 saturated heterocycles. The molecule has 0 aliphatic rings. The number of ether oxygens (including phenoxy) is 1. The number of benzene rings is 1. The highest BCUT2D eigenvalue weighted by atomic mass is 32.1. The Balaban J connectivity index is 2.60.